The summed E-state index contributed by atoms with van der Waals surface area (Å²) >= 11 is 0. The van der Waals surface area contributed by atoms with Crippen molar-refractivity contribution in [1.29, 1.82) is 0 Å². The van der Waals surface area contributed by atoms with Crippen LogP contribution in [0, 0.1) is 0 Å². The van der Waals surface area contributed by atoms with Crippen molar-refractivity contribution < 1.29 is 9.53 Å². The van der Waals surface area contributed by atoms with E-state index in [1.54, 1.807) is 6.07 Å². The lowest BCUT2D eigenvalue weighted by Crippen LogP contribution is -2.32. The predicted molar refractivity (Wildman–Crippen MR) is 102 cm³/mol. The van der Waals surface area contributed by atoms with Crippen molar-refractivity contribution in [3.8, 4) is 5.75 Å². The van der Waals surface area contributed by atoms with Crippen LogP contribution in [-0.2, 0) is 6.42 Å². The maximum Gasteiger partial charge on any atom is 0.255 e. The number of carbonyl (C=O) groups is 1. The molecule has 0 unspecified atom stereocenters. The van der Waals surface area contributed by atoms with Gasteiger partial charge in [-0.25, -0.2) is 9.97 Å². The molecule has 0 aliphatic heterocycles. The predicted octanol–water partition coefficient (Wildman–Crippen LogP) is 3.14. The molecule has 138 valence electrons. The van der Waals surface area contributed by atoms with Crippen molar-refractivity contribution in [2.45, 2.75) is 38.6 Å². The molecule has 6 nitrogen and oxygen atoms in total. The molecule has 0 fully saturated rings. The van der Waals surface area contributed by atoms with E-state index in [1.807, 2.05) is 50.3 Å². The van der Waals surface area contributed by atoms with Gasteiger partial charge in [-0.05, 0) is 37.8 Å². The van der Waals surface area contributed by atoms with Crippen LogP contribution in [0.5, 0.6) is 5.75 Å². The lowest BCUT2D eigenvalue weighted by atomic mass is 9.92. The van der Waals surface area contributed by atoms with Crippen LogP contribution in [-0.4, -0.2) is 36.6 Å². The third kappa shape index (κ3) is 3.95. The number of nitrogens with one attached hydrogen (secondary N) is 1. The first-order chi connectivity index (χ1) is 12.6. The number of benzene rings is 1. The van der Waals surface area contributed by atoms with E-state index in [0.717, 1.165) is 36.9 Å². The lowest BCUT2D eigenvalue weighted by Gasteiger charge is -2.26. The molecular formula is C20H26N4O2. The number of rotatable bonds is 6. The number of hydrogen-bond donors (Lipinski definition) is 1. The highest BCUT2D eigenvalue weighted by molar-refractivity contribution is 5.97. The minimum absolute atomic E-state index is 0.0679. The second-order valence-electron chi connectivity index (χ2n) is 6.73. The molecule has 26 heavy (non-hydrogen) atoms. The van der Waals surface area contributed by atoms with E-state index in [0.29, 0.717) is 23.9 Å². The minimum atomic E-state index is -0.119. The van der Waals surface area contributed by atoms with Gasteiger partial charge in [0, 0.05) is 25.9 Å². The average Bonchev–Trinajstić information content (AvgIpc) is 2.66. The SMILES string of the molecule is CCCOc1ccccc1C(=O)N[C@@H]1CCCc2nc(N(C)C)ncc21. The number of hydrogen-bond acceptors (Lipinski definition) is 5. The van der Waals surface area contributed by atoms with Crippen LogP contribution in [0.2, 0.25) is 0 Å². The summed E-state index contributed by atoms with van der Waals surface area (Å²) in [7, 11) is 3.86. The van der Waals surface area contributed by atoms with E-state index in [1.165, 1.54) is 0 Å². The Hall–Kier alpha value is -2.63. The van der Waals surface area contributed by atoms with Crippen molar-refractivity contribution in [2.75, 3.05) is 25.6 Å². The van der Waals surface area contributed by atoms with Crippen LogP contribution in [0.3, 0.4) is 0 Å². The summed E-state index contributed by atoms with van der Waals surface area (Å²) in [4.78, 5) is 23.8. The van der Waals surface area contributed by atoms with Gasteiger partial charge in [0.2, 0.25) is 5.95 Å². The molecule has 3 rings (SSSR count). The van der Waals surface area contributed by atoms with Gasteiger partial charge in [0.25, 0.3) is 5.91 Å². The van der Waals surface area contributed by atoms with E-state index >= 15 is 0 Å². The Morgan fingerprint density at radius 3 is 2.92 bits per heavy atom. The average molecular weight is 354 g/mol. The first kappa shape index (κ1) is 18.2. The van der Waals surface area contributed by atoms with E-state index < -0.39 is 0 Å². The fourth-order valence-corrected chi connectivity index (χ4v) is 3.13. The Morgan fingerprint density at radius 2 is 2.15 bits per heavy atom. The fourth-order valence-electron chi connectivity index (χ4n) is 3.13. The zero-order valence-electron chi connectivity index (χ0n) is 15.7. The summed E-state index contributed by atoms with van der Waals surface area (Å²) < 4.78 is 5.72. The quantitative estimate of drug-likeness (QED) is 0.863. The monoisotopic (exact) mass is 354 g/mol. The highest BCUT2D eigenvalue weighted by Gasteiger charge is 2.25. The standard InChI is InChI=1S/C20H26N4O2/c1-4-12-26-18-11-6-5-8-14(18)19(25)22-16-9-7-10-17-15(16)13-21-20(23-17)24(2)3/h5-6,8,11,13,16H,4,7,9-10,12H2,1-3H3,(H,22,25)/t16-/m1/s1. The summed E-state index contributed by atoms with van der Waals surface area (Å²) in [6, 6.07) is 7.31. The van der Waals surface area contributed by atoms with Gasteiger partial charge in [-0.15, -0.1) is 0 Å². The van der Waals surface area contributed by atoms with Crippen LogP contribution in [0.4, 0.5) is 5.95 Å². The van der Waals surface area contributed by atoms with Gasteiger partial charge in [-0.1, -0.05) is 19.1 Å². The van der Waals surface area contributed by atoms with Gasteiger partial charge >= 0.3 is 0 Å². The molecule has 0 radical (unpaired) electrons. The topological polar surface area (TPSA) is 67.3 Å². The molecule has 1 N–H and O–H groups in total. The molecule has 1 aliphatic carbocycles. The Bertz CT molecular complexity index is 776. The summed E-state index contributed by atoms with van der Waals surface area (Å²) in [6.45, 7) is 2.64. The van der Waals surface area contributed by atoms with Crippen LogP contribution in [0.25, 0.3) is 0 Å². The molecule has 6 heteroatoms. The number of ether oxygens (including phenoxy) is 1. The molecule has 1 aliphatic rings. The van der Waals surface area contributed by atoms with E-state index in [-0.39, 0.29) is 11.9 Å². The summed E-state index contributed by atoms with van der Waals surface area (Å²) in [5, 5.41) is 3.14. The van der Waals surface area contributed by atoms with Crippen molar-refractivity contribution >= 4 is 11.9 Å². The zero-order valence-corrected chi connectivity index (χ0v) is 15.7. The Morgan fingerprint density at radius 1 is 1.35 bits per heavy atom. The molecule has 0 spiro atoms. The number of aryl methyl sites for hydroxylation is 1. The molecule has 0 saturated heterocycles. The smallest absolute Gasteiger partial charge is 0.255 e. The molecular weight excluding hydrogens is 328 g/mol. The molecule has 1 amide bonds. The normalized spacial score (nSPS) is 15.9. The van der Waals surface area contributed by atoms with Gasteiger partial charge in [0.05, 0.1) is 23.9 Å². The van der Waals surface area contributed by atoms with Crippen molar-refractivity contribution in [3.63, 3.8) is 0 Å². The fraction of sp³-hybridized carbons (Fsp3) is 0.450. The first-order valence-corrected chi connectivity index (χ1v) is 9.16. The summed E-state index contributed by atoms with van der Waals surface area (Å²) in [6.07, 6.45) is 5.55. The third-order valence-corrected chi connectivity index (χ3v) is 4.47. The van der Waals surface area contributed by atoms with Crippen molar-refractivity contribution in [1.82, 2.24) is 15.3 Å². The van der Waals surface area contributed by atoms with Crippen LogP contribution < -0.4 is 15.0 Å². The van der Waals surface area contributed by atoms with Gasteiger partial charge < -0.3 is 15.0 Å². The Balaban J connectivity index is 1.79. The van der Waals surface area contributed by atoms with Gasteiger partial charge in [-0.2, -0.15) is 0 Å². The summed E-state index contributed by atoms with van der Waals surface area (Å²) in [5.74, 6) is 1.21. The second-order valence-corrected chi connectivity index (χ2v) is 6.73. The maximum absolute atomic E-state index is 12.8. The minimum Gasteiger partial charge on any atom is -0.493 e. The molecule has 1 heterocycles. The number of para-hydroxylation sites is 1. The molecule has 0 saturated carbocycles. The second kappa shape index (κ2) is 8.17. The molecule has 1 atom stereocenters. The van der Waals surface area contributed by atoms with Crippen LogP contribution in [0.1, 0.15) is 53.8 Å². The molecule has 1 aromatic carbocycles. The largest absolute Gasteiger partial charge is 0.493 e. The molecule has 0 bridgehead atoms. The Kier molecular flexibility index (Phi) is 5.71. The van der Waals surface area contributed by atoms with E-state index in [4.69, 9.17) is 4.74 Å². The number of amides is 1. The highest BCUT2D eigenvalue weighted by atomic mass is 16.5. The number of aromatic nitrogens is 2. The number of fused-ring (bicyclic) bond motifs is 1. The van der Waals surface area contributed by atoms with E-state index in [9.17, 15) is 4.79 Å². The van der Waals surface area contributed by atoms with Crippen LogP contribution in [0.15, 0.2) is 30.5 Å². The zero-order chi connectivity index (χ0) is 18.5. The van der Waals surface area contributed by atoms with Crippen molar-refractivity contribution in [2.24, 2.45) is 0 Å². The Labute approximate surface area is 154 Å². The van der Waals surface area contributed by atoms with Gasteiger partial charge in [0.1, 0.15) is 5.75 Å². The van der Waals surface area contributed by atoms with E-state index in [2.05, 4.69) is 15.3 Å². The summed E-state index contributed by atoms with van der Waals surface area (Å²) in [5.41, 5.74) is 2.61. The first-order valence-electron chi connectivity index (χ1n) is 9.16. The highest BCUT2D eigenvalue weighted by Crippen LogP contribution is 2.30. The maximum atomic E-state index is 12.8. The molecule has 2 aromatic rings. The van der Waals surface area contributed by atoms with Crippen LogP contribution >= 0.6 is 0 Å². The van der Waals surface area contributed by atoms with Crippen molar-refractivity contribution in [3.05, 3.63) is 47.3 Å². The molecule has 1 aromatic heterocycles. The number of nitrogens with zero attached hydrogens (tertiary/aromatic N) is 3. The van der Waals surface area contributed by atoms with Gasteiger partial charge in [-0.3, -0.25) is 4.79 Å². The third-order valence-electron chi connectivity index (χ3n) is 4.47. The number of anilines is 1. The lowest BCUT2D eigenvalue weighted by molar-refractivity contribution is 0.0928. The van der Waals surface area contributed by atoms with Gasteiger partial charge in [0.15, 0.2) is 0 Å². The number of carbonyl (C=O) groups excluding carboxylic acids is 1.